The Morgan fingerprint density at radius 1 is 1.26 bits per heavy atom. The molecular weight excluding hydrogens is 394 g/mol. The fraction of sp³-hybridized carbons (Fsp3) is 0.750. The number of fused-ring (bicyclic) bond motifs is 1. The van der Waals surface area contributed by atoms with E-state index in [1.54, 1.807) is 12.0 Å². The Morgan fingerprint density at radius 2 is 2.03 bits per heavy atom. The number of carbonyl (C=O) groups is 1. The van der Waals surface area contributed by atoms with Gasteiger partial charge in [-0.3, -0.25) is 0 Å². The Labute approximate surface area is 187 Å². The SMILES string of the molecule is COc1cc(CCCCOC2CCN(C(=O)OC(C)(C)C)C2)nc2c1CCC(C)N2C. The number of aryl methyl sites for hydroxylation is 1. The Balaban J connectivity index is 1.42. The standard InChI is InChI=1S/C24H39N3O4/c1-17-10-11-20-21(29-6)15-18(25-22(20)26(17)5)9-7-8-14-30-19-12-13-27(16-19)23(28)31-24(2,3)4/h15,17,19H,7-14,16H2,1-6H3. The third-order valence-corrected chi connectivity index (χ3v) is 6.12. The zero-order chi connectivity index (χ0) is 22.6. The first kappa shape index (κ1) is 23.6. The van der Waals surface area contributed by atoms with Crippen molar-refractivity contribution in [3.05, 3.63) is 17.3 Å². The summed E-state index contributed by atoms with van der Waals surface area (Å²) < 4.78 is 17.1. The van der Waals surface area contributed by atoms with E-state index in [-0.39, 0.29) is 12.2 Å². The van der Waals surface area contributed by atoms with Crippen LogP contribution in [0.25, 0.3) is 0 Å². The van der Waals surface area contributed by atoms with Crippen LogP contribution in [0.15, 0.2) is 6.07 Å². The van der Waals surface area contributed by atoms with E-state index in [1.165, 1.54) is 5.56 Å². The van der Waals surface area contributed by atoms with Gasteiger partial charge in [0.05, 0.1) is 19.8 Å². The maximum Gasteiger partial charge on any atom is 0.410 e. The molecule has 1 fully saturated rings. The van der Waals surface area contributed by atoms with Crippen molar-refractivity contribution in [1.82, 2.24) is 9.88 Å². The van der Waals surface area contributed by atoms with Crippen LogP contribution in [0.3, 0.4) is 0 Å². The molecule has 7 heteroatoms. The molecule has 0 spiro atoms. The smallest absolute Gasteiger partial charge is 0.410 e. The minimum atomic E-state index is -0.462. The number of methoxy groups -OCH3 is 1. The summed E-state index contributed by atoms with van der Waals surface area (Å²) in [6.07, 6.45) is 5.76. The van der Waals surface area contributed by atoms with Crippen molar-refractivity contribution in [2.75, 3.05) is 38.8 Å². The molecule has 0 aliphatic carbocycles. The highest BCUT2D eigenvalue weighted by Crippen LogP contribution is 2.35. The molecule has 3 rings (SSSR count). The van der Waals surface area contributed by atoms with E-state index in [0.29, 0.717) is 25.7 Å². The minimum Gasteiger partial charge on any atom is -0.496 e. The largest absolute Gasteiger partial charge is 0.496 e. The van der Waals surface area contributed by atoms with Crippen molar-refractivity contribution >= 4 is 11.9 Å². The lowest BCUT2D eigenvalue weighted by atomic mass is 9.98. The summed E-state index contributed by atoms with van der Waals surface area (Å²) in [5.41, 5.74) is 1.84. The van der Waals surface area contributed by atoms with Gasteiger partial charge in [0.1, 0.15) is 17.2 Å². The molecule has 1 aromatic rings. The fourth-order valence-corrected chi connectivity index (χ4v) is 4.19. The quantitative estimate of drug-likeness (QED) is 0.600. The maximum atomic E-state index is 12.2. The van der Waals surface area contributed by atoms with E-state index in [1.807, 2.05) is 20.8 Å². The van der Waals surface area contributed by atoms with Crippen molar-refractivity contribution in [1.29, 1.82) is 0 Å². The summed E-state index contributed by atoms with van der Waals surface area (Å²) in [7, 11) is 3.86. The molecule has 2 aliphatic heterocycles. The zero-order valence-corrected chi connectivity index (χ0v) is 20.1. The van der Waals surface area contributed by atoms with Gasteiger partial charge < -0.3 is 24.0 Å². The average molecular weight is 434 g/mol. The molecule has 1 aromatic heterocycles. The third kappa shape index (κ3) is 6.25. The van der Waals surface area contributed by atoms with E-state index in [2.05, 4.69) is 24.9 Å². The number of amides is 1. The fourth-order valence-electron chi connectivity index (χ4n) is 4.19. The number of ether oxygens (including phenoxy) is 3. The second kappa shape index (κ2) is 10.1. The highest BCUT2D eigenvalue weighted by atomic mass is 16.6. The molecular formula is C24H39N3O4. The molecule has 7 nitrogen and oxygen atoms in total. The van der Waals surface area contributed by atoms with E-state index >= 15 is 0 Å². The Hall–Kier alpha value is -2.02. The summed E-state index contributed by atoms with van der Waals surface area (Å²) in [5.74, 6) is 2.03. The molecule has 2 aliphatic rings. The number of nitrogens with zero attached hydrogens (tertiary/aromatic N) is 3. The van der Waals surface area contributed by atoms with Crippen molar-refractivity contribution in [3.63, 3.8) is 0 Å². The summed E-state index contributed by atoms with van der Waals surface area (Å²) in [5, 5.41) is 0. The van der Waals surface area contributed by atoms with Gasteiger partial charge in [0.25, 0.3) is 0 Å². The van der Waals surface area contributed by atoms with Gasteiger partial charge in [-0.25, -0.2) is 9.78 Å². The molecule has 2 atom stereocenters. The number of carbonyl (C=O) groups excluding carboxylic acids is 1. The lowest BCUT2D eigenvalue weighted by Crippen LogP contribution is -2.36. The van der Waals surface area contributed by atoms with Gasteiger partial charge in [0.2, 0.25) is 0 Å². The maximum absolute atomic E-state index is 12.2. The summed E-state index contributed by atoms with van der Waals surface area (Å²) in [6.45, 7) is 9.93. The van der Waals surface area contributed by atoms with Crippen molar-refractivity contribution < 1.29 is 19.0 Å². The van der Waals surface area contributed by atoms with Crippen LogP contribution >= 0.6 is 0 Å². The Kier molecular flexibility index (Phi) is 7.68. The number of unbranched alkanes of at least 4 members (excludes halogenated alkanes) is 1. The normalized spacial score (nSPS) is 21.2. The second-order valence-electron chi connectivity index (χ2n) is 9.78. The van der Waals surface area contributed by atoms with Crippen LogP contribution in [0.1, 0.15) is 64.6 Å². The van der Waals surface area contributed by atoms with Crippen molar-refractivity contribution in [3.8, 4) is 5.75 Å². The molecule has 2 unspecified atom stereocenters. The topological polar surface area (TPSA) is 64.1 Å². The molecule has 0 saturated carbocycles. The molecule has 0 radical (unpaired) electrons. The van der Waals surface area contributed by atoms with Crippen LogP contribution in [0.2, 0.25) is 0 Å². The van der Waals surface area contributed by atoms with E-state index in [4.69, 9.17) is 19.2 Å². The first-order valence-corrected chi connectivity index (χ1v) is 11.6. The first-order valence-electron chi connectivity index (χ1n) is 11.6. The van der Waals surface area contributed by atoms with Crippen LogP contribution in [0.4, 0.5) is 10.6 Å². The molecule has 31 heavy (non-hydrogen) atoms. The predicted octanol–water partition coefficient (Wildman–Crippen LogP) is 4.21. The molecule has 1 amide bonds. The summed E-state index contributed by atoms with van der Waals surface area (Å²) in [4.78, 5) is 21.1. The number of pyridine rings is 1. The van der Waals surface area contributed by atoms with Crippen LogP contribution in [0, 0.1) is 0 Å². The Bertz CT molecular complexity index is 762. The Morgan fingerprint density at radius 3 is 2.74 bits per heavy atom. The van der Waals surface area contributed by atoms with Crippen LogP contribution in [-0.4, -0.2) is 67.6 Å². The number of rotatable bonds is 7. The average Bonchev–Trinajstić information content (AvgIpc) is 3.18. The predicted molar refractivity (Wildman–Crippen MR) is 122 cm³/mol. The van der Waals surface area contributed by atoms with Gasteiger partial charge in [-0.1, -0.05) is 0 Å². The summed E-state index contributed by atoms with van der Waals surface area (Å²) in [6, 6.07) is 2.60. The van der Waals surface area contributed by atoms with Crippen LogP contribution in [-0.2, 0) is 22.3 Å². The molecule has 3 heterocycles. The van der Waals surface area contributed by atoms with Crippen LogP contribution < -0.4 is 9.64 Å². The van der Waals surface area contributed by atoms with Gasteiger partial charge in [-0.2, -0.15) is 0 Å². The third-order valence-electron chi connectivity index (χ3n) is 6.12. The molecule has 0 N–H and O–H groups in total. The van der Waals surface area contributed by atoms with Gasteiger partial charge in [-0.05, 0) is 66.2 Å². The van der Waals surface area contributed by atoms with Crippen molar-refractivity contribution in [2.45, 2.75) is 84.0 Å². The second-order valence-corrected chi connectivity index (χ2v) is 9.78. The van der Waals surface area contributed by atoms with Gasteiger partial charge in [0.15, 0.2) is 0 Å². The highest BCUT2D eigenvalue weighted by molar-refractivity contribution is 5.68. The first-order chi connectivity index (χ1) is 14.7. The van der Waals surface area contributed by atoms with Crippen LogP contribution in [0.5, 0.6) is 5.75 Å². The van der Waals surface area contributed by atoms with Gasteiger partial charge >= 0.3 is 6.09 Å². The number of hydrogen-bond donors (Lipinski definition) is 0. The number of hydrogen-bond acceptors (Lipinski definition) is 6. The van der Waals surface area contributed by atoms with E-state index in [9.17, 15) is 4.79 Å². The van der Waals surface area contributed by atoms with Gasteiger partial charge in [-0.15, -0.1) is 0 Å². The molecule has 1 saturated heterocycles. The highest BCUT2D eigenvalue weighted by Gasteiger charge is 2.30. The molecule has 0 bridgehead atoms. The van der Waals surface area contributed by atoms with Gasteiger partial charge in [0, 0.05) is 43.6 Å². The van der Waals surface area contributed by atoms with E-state index < -0.39 is 5.60 Å². The molecule has 174 valence electrons. The van der Waals surface area contributed by atoms with Crippen molar-refractivity contribution in [2.24, 2.45) is 0 Å². The zero-order valence-electron chi connectivity index (χ0n) is 20.1. The number of anilines is 1. The monoisotopic (exact) mass is 433 g/mol. The summed E-state index contributed by atoms with van der Waals surface area (Å²) >= 11 is 0. The number of likely N-dealkylation sites (tertiary alicyclic amines) is 1. The van der Waals surface area contributed by atoms with E-state index in [0.717, 1.165) is 55.8 Å². The number of aromatic nitrogens is 1. The lowest BCUT2D eigenvalue weighted by Gasteiger charge is -2.33. The minimum absolute atomic E-state index is 0.101. The lowest BCUT2D eigenvalue weighted by molar-refractivity contribution is 0.0206. The molecule has 0 aromatic carbocycles.